The lowest BCUT2D eigenvalue weighted by molar-refractivity contribution is 0.387. The van der Waals surface area contributed by atoms with Crippen molar-refractivity contribution in [2.24, 2.45) is 0 Å². The van der Waals surface area contributed by atoms with Crippen LogP contribution < -0.4 is 4.18 Å². The van der Waals surface area contributed by atoms with E-state index in [0.717, 1.165) is 11.1 Å². The van der Waals surface area contributed by atoms with Gasteiger partial charge in [0, 0.05) is 5.92 Å². The number of allylic oxidation sites excluding steroid dienone is 2. The van der Waals surface area contributed by atoms with Crippen LogP contribution in [0.5, 0.6) is 11.5 Å². The summed E-state index contributed by atoms with van der Waals surface area (Å²) < 4.78 is 34.3. The number of hydrogen-bond acceptors (Lipinski definition) is 4. The first-order valence-electron chi connectivity index (χ1n) is 6.74. The number of aromatic hydroxyl groups is 1. The molecule has 1 unspecified atom stereocenters. The zero-order chi connectivity index (χ0) is 16.9. The number of phenols is 1. The zero-order valence-electron chi connectivity index (χ0n) is 12.2. The molecule has 1 atom stereocenters. The summed E-state index contributed by atoms with van der Waals surface area (Å²) in [5.41, 5.74) is 1.82. The van der Waals surface area contributed by atoms with E-state index in [1.54, 1.807) is 42.5 Å². The van der Waals surface area contributed by atoms with Crippen LogP contribution in [0.4, 0.5) is 0 Å². The van der Waals surface area contributed by atoms with E-state index in [2.05, 4.69) is 10.8 Å². The monoisotopic (exact) mass is 332 g/mol. The predicted molar refractivity (Wildman–Crippen MR) is 88.7 cm³/mol. The fourth-order valence-electron chi connectivity index (χ4n) is 1.99. The fourth-order valence-corrected chi connectivity index (χ4v) is 2.35. The molecule has 0 radical (unpaired) electrons. The molecule has 0 saturated carbocycles. The lowest BCUT2D eigenvalue weighted by Gasteiger charge is -2.09. The normalized spacial score (nSPS) is 12.9. The molecular weight excluding hydrogens is 316 g/mol. The van der Waals surface area contributed by atoms with Gasteiger partial charge in [-0.1, -0.05) is 42.5 Å². The van der Waals surface area contributed by atoms with Crippen molar-refractivity contribution in [2.75, 3.05) is 0 Å². The van der Waals surface area contributed by atoms with Gasteiger partial charge in [0.2, 0.25) is 0 Å². The van der Waals surface area contributed by atoms with Crippen LogP contribution in [-0.4, -0.2) is 18.1 Å². The largest absolute Gasteiger partial charge is 0.508 e. The molecule has 2 N–H and O–H groups in total. The second-order valence-electron chi connectivity index (χ2n) is 4.79. The molecule has 2 aromatic rings. The molecular formula is C17H16O5S. The van der Waals surface area contributed by atoms with Gasteiger partial charge < -0.3 is 9.29 Å². The molecule has 23 heavy (non-hydrogen) atoms. The van der Waals surface area contributed by atoms with Gasteiger partial charge >= 0.3 is 10.4 Å². The van der Waals surface area contributed by atoms with Crippen molar-refractivity contribution >= 4 is 16.5 Å². The van der Waals surface area contributed by atoms with Gasteiger partial charge in [-0.25, -0.2) is 0 Å². The van der Waals surface area contributed by atoms with Crippen LogP contribution in [-0.2, 0) is 10.4 Å². The van der Waals surface area contributed by atoms with Crippen molar-refractivity contribution in [1.29, 1.82) is 0 Å². The van der Waals surface area contributed by atoms with E-state index >= 15 is 0 Å². The van der Waals surface area contributed by atoms with E-state index in [1.807, 2.05) is 12.2 Å². The summed E-state index contributed by atoms with van der Waals surface area (Å²) in [5.74, 6) is 0.155. The maximum atomic E-state index is 10.6. The second kappa shape index (κ2) is 7.13. The van der Waals surface area contributed by atoms with Crippen LogP contribution in [0, 0.1) is 0 Å². The Hall–Kier alpha value is -2.57. The Kier molecular flexibility index (Phi) is 5.20. The quantitative estimate of drug-likeness (QED) is 0.624. The van der Waals surface area contributed by atoms with Crippen LogP contribution >= 0.6 is 0 Å². The molecule has 0 amide bonds. The van der Waals surface area contributed by atoms with Gasteiger partial charge in [0.1, 0.15) is 11.5 Å². The van der Waals surface area contributed by atoms with Crippen molar-refractivity contribution in [3.05, 3.63) is 78.4 Å². The van der Waals surface area contributed by atoms with E-state index < -0.39 is 10.4 Å². The maximum Gasteiger partial charge on any atom is 0.446 e. The van der Waals surface area contributed by atoms with Crippen molar-refractivity contribution in [1.82, 2.24) is 0 Å². The highest BCUT2D eigenvalue weighted by Crippen LogP contribution is 2.23. The van der Waals surface area contributed by atoms with Gasteiger partial charge in [-0.05, 0) is 35.4 Å². The summed E-state index contributed by atoms with van der Waals surface area (Å²) in [5, 5.41) is 9.25. The SMILES string of the molecule is C=CC(/C=C\c1ccc(O)cc1)c1ccc(OS(=O)(=O)O)cc1. The number of benzene rings is 2. The van der Waals surface area contributed by atoms with Gasteiger partial charge in [-0.3, -0.25) is 4.55 Å². The average molecular weight is 332 g/mol. The third-order valence-electron chi connectivity index (χ3n) is 3.11. The Labute approximate surface area is 135 Å². The minimum atomic E-state index is -4.52. The molecule has 120 valence electrons. The highest BCUT2D eigenvalue weighted by atomic mass is 32.3. The van der Waals surface area contributed by atoms with Crippen molar-refractivity contribution < 1.29 is 22.3 Å². The Morgan fingerprint density at radius 2 is 1.65 bits per heavy atom. The van der Waals surface area contributed by atoms with Gasteiger partial charge in [0.25, 0.3) is 0 Å². The molecule has 0 spiro atoms. The van der Waals surface area contributed by atoms with E-state index in [-0.39, 0.29) is 17.4 Å². The highest BCUT2D eigenvalue weighted by Gasteiger charge is 2.08. The summed E-state index contributed by atoms with van der Waals surface area (Å²) in [6.07, 6.45) is 5.57. The first kappa shape index (κ1) is 16.8. The third kappa shape index (κ3) is 5.28. The molecule has 0 fully saturated rings. The van der Waals surface area contributed by atoms with Crippen LogP contribution in [0.15, 0.2) is 67.3 Å². The Bertz CT molecular complexity index is 790. The Morgan fingerprint density at radius 1 is 1.04 bits per heavy atom. The Balaban J connectivity index is 2.14. The maximum absolute atomic E-state index is 10.6. The molecule has 0 bridgehead atoms. The van der Waals surface area contributed by atoms with Crippen LogP contribution in [0.2, 0.25) is 0 Å². The topological polar surface area (TPSA) is 83.8 Å². The fraction of sp³-hybridized carbons (Fsp3) is 0.0588. The van der Waals surface area contributed by atoms with E-state index in [9.17, 15) is 13.5 Å². The zero-order valence-corrected chi connectivity index (χ0v) is 13.0. The summed E-state index contributed by atoms with van der Waals surface area (Å²) in [7, 11) is -4.52. The van der Waals surface area contributed by atoms with Crippen LogP contribution in [0.1, 0.15) is 17.0 Å². The number of phenolic OH excluding ortho intramolecular Hbond substituents is 1. The van der Waals surface area contributed by atoms with Crippen LogP contribution in [0.25, 0.3) is 6.08 Å². The van der Waals surface area contributed by atoms with Gasteiger partial charge in [0.05, 0.1) is 0 Å². The van der Waals surface area contributed by atoms with Crippen molar-refractivity contribution in [3.63, 3.8) is 0 Å². The molecule has 0 heterocycles. The Morgan fingerprint density at radius 3 is 2.17 bits per heavy atom. The molecule has 2 rings (SSSR count). The van der Waals surface area contributed by atoms with Crippen molar-refractivity contribution in [2.45, 2.75) is 5.92 Å². The van der Waals surface area contributed by atoms with Crippen molar-refractivity contribution in [3.8, 4) is 11.5 Å². The van der Waals surface area contributed by atoms with Gasteiger partial charge in [0.15, 0.2) is 0 Å². The lowest BCUT2D eigenvalue weighted by atomic mass is 9.98. The minimum absolute atomic E-state index is 0.0292. The molecule has 0 aliphatic rings. The molecule has 2 aromatic carbocycles. The smallest absolute Gasteiger partial charge is 0.446 e. The first-order valence-corrected chi connectivity index (χ1v) is 8.10. The summed E-state index contributed by atoms with van der Waals surface area (Å²) in [4.78, 5) is 0. The predicted octanol–water partition coefficient (Wildman–Crippen LogP) is 3.56. The van der Waals surface area contributed by atoms with Gasteiger partial charge in [-0.15, -0.1) is 6.58 Å². The summed E-state index contributed by atoms with van der Waals surface area (Å²) in [6, 6.07) is 13.1. The number of hydrogen-bond donors (Lipinski definition) is 2. The molecule has 0 aromatic heterocycles. The van der Waals surface area contributed by atoms with Gasteiger partial charge in [-0.2, -0.15) is 8.42 Å². The average Bonchev–Trinajstić information content (AvgIpc) is 2.49. The standard InChI is InChI=1S/C17H16O5S/c1-2-14(6-3-13-4-9-16(18)10-5-13)15-7-11-17(12-8-15)22-23(19,20)21/h2-12,14,18H,1H2,(H,19,20,21)/b6-3-. The van der Waals surface area contributed by atoms with E-state index in [1.165, 1.54) is 12.1 Å². The molecule has 0 aliphatic heterocycles. The molecule has 5 nitrogen and oxygen atoms in total. The summed E-state index contributed by atoms with van der Waals surface area (Å²) >= 11 is 0. The summed E-state index contributed by atoms with van der Waals surface area (Å²) in [6.45, 7) is 3.79. The van der Waals surface area contributed by atoms with E-state index in [4.69, 9.17) is 4.55 Å². The van der Waals surface area contributed by atoms with E-state index in [0.29, 0.717) is 0 Å². The third-order valence-corrected chi connectivity index (χ3v) is 3.51. The first-order chi connectivity index (χ1) is 10.9. The number of rotatable bonds is 6. The highest BCUT2D eigenvalue weighted by molar-refractivity contribution is 7.81. The molecule has 0 saturated heterocycles. The molecule has 0 aliphatic carbocycles. The van der Waals surface area contributed by atoms with Crippen LogP contribution in [0.3, 0.4) is 0 Å². The minimum Gasteiger partial charge on any atom is -0.508 e. The second-order valence-corrected chi connectivity index (χ2v) is 5.81. The lowest BCUT2D eigenvalue weighted by Crippen LogP contribution is -2.06. The molecule has 6 heteroatoms.